The van der Waals surface area contributed by atoms with Crippen LogP contribution in [0.25, 0.3) is 0 Å². The number of nitrogens with one attached hydrogen (secondary N) is 1. The predicted molar refractivity (Wildman–Crippen MR) is 87.6 cm³/mol. The highest BCUT2D eigenvalue weighted by molar-refractivity contribution is 6.35. The summed E-state index contributed by atoms with van der Waals surface area (Å²) in [5.41, 5.74) is 0.980. The number of rotatable bonds is 7. The van der Waals surface area contributed by atoms with Gasteiger partial charge < -0.3 is 15.3 Å². The number of carboxylic acid groups (broad SMARTS) is 1. The largest absolute Gasteiger partial charge is 0.481 e. The minimum absolute atomic E-state index is 0.171. The van der Waals surface area contributed by atoms with Gasteiger partial charge in [0.15, 0.2) is 0 Å². The number of urea groups is 1. The van der Waals surface area contributed by atoms with Gasteiger partial charge in [-0.25, -0.2) is 4.79 Å². The smallest absolute Gasteiger partial charge is 0.317 e. The minimum Gasteiger partial charge on any atom is -0.481 e. The van der Waals surface area contributed by atoms with E-state index < -0.39 is 11.9 Å². The molecule has 0 spiro atoms. The highest BCUT2D eigenvalue weighted by Crippen LogP contribution is 2.21. The van der Waals surface area contributed by atoms with Crippen molar-refractivity contribution >= 4 is 35.2 Å². The van der Waals surface area contributed by atoms with Gasteiger partial charge >= 0.3 is 12.0 Å². The maximum Gasteiger partial charge on any atom is 0.317 e. The van der Waals surface area contributed by atoms with Crippen LogP contribution in [0.4, 0.5) is 4.79 Å². The van der Waals surface area contributed by atoms with Gasteiger partial charge in [-0.3, -0.25) is 4.79 Å². The topological polar surface area (TPSA) is 69.6 Å². The van der Waals surface area contributed by atoms with Gasteiger partial charge in [-0.2, -0.15) is 0 Å². The normalized spacial score (nSPS) is 11.8. The van der Waals surface area contributed by atoms with E-state index in [-0.39, 0.29) is 12.6 Å². The third kappa shape index (κ3) is 6.12. The van der Waals surface area contributed by atoms with Crippen LogP contribution in [0.5, 0.6) is 0 Å². The lowest BCUT2D eigenvalue weighted by atomic mass is 10.1. The fourth-order valence-corrected chi connectivity index (χ4v) is 2.41. The Morgan fingerprint density at radius 1 is 1.36 bits per heavy atom. The van der Waals surface area contributed by atoms with Crippen molar-refractivity contribution in [1.82, 2.24) is 10.2 Å². The lowest BCUT2D eigenvalue weighted by Gasteiger charge is -2.20. The Morgan fingerprint density at radius 2 is 2.05 bits per heavy atom. The van der Waals surface area contributed by atoms with Gasteiger partial charge in [-0.05, 0) is 30.5 Å². The average Bonchev–Trinajstić information content (AvgIpc) is 2.44. The van der Waals surface area contributed by atoms with Gasteiger partial charge in [0.2, 0.25) is 0 Å². The van der Waals surface area contributed by atoms with Crippen molar-refractivity contribution in [3.63, 3.8) is 0 Å². The molecular formula is C15H20Cl2N2O3. The van der Waals surface area contributed by atoms with E-state index in [1.807, 2.05) is 6.07 Å². The van der Waals surface area contributed by atoms with Crippen molar-refractivity contribution in [2.24, 2.45) is 5.92 Å². The van der Waals surface area contributed by atoms with Crippen molar-refractivity contribution in [3.05, 3.63) is 33.8 Å². The lowest BCUT2D eigenvalue weighted by molar-refractivity contribution is -0.141. The molecule has 1 rings (SSSR count). The fourth-order valence-electron chi connectivity index (χ4n) is 1.91. The minimum atomic E-state index is -0.919. The number of halogens is 2. The third-order valence-electron chi connectivity index (χ3n) is 3.23. The molecule has 5 nitrogen and oxygen atoms in total. The van der Waals surface area contributed by atoms with Gasteiger partial charge in [0.25, 0.3) is 0 Å². The highest BCUT2D eigenvalue weighted by Gasteiger charge is 2.16. The number of hydrogen-bond donors (Lipinski definition) is 2. The van der Waals surface area contributed by atoms with Crippen LogP contribution in [-0.2, 0) is 11.2 Å². The van der Waals surface area contributed by atoms with Crippen molar-refractivity contribution in [3.8, 4) is 0 Å². The summed E-state index contributed by atoms with van der Waals surface area (Å²) in [6.45, 7) is 2.22. The van der Waals surface area contributed by atoms with Gasteiger partial charge in [-0.1, -0.05) is 36.2 Å². The third-order valence-corrected chi connectivity index (χ3v) is 3.82. The van der Waals surface area contributed by atoms with Crippen LogP contribution in [0.2, 0.25) is 10.0 Å². The fraction of sp³-hybridized carbons (Fsp3) is 0.467. The molecule has 122 valence electrons. The van der Waals surface area contributed by atoms with Crippen LogP contribution in [0, 0.1) is 5.92 Å². The highest BCUT2D eigenvalue weighted by atomic mass is 35.5. The van der Waals surface area contributed by atoms with Gasteiger partial charge in [-0.15, -0.1) is 0 Å². The van der Waals surface area contributed by atoms with E-state index in [9.17, 15) is 9.59 Å². The zero-order valence-corrected chi connectivity index (χ0v) is 14.1. The maximum absolute atomic E-state index is 11.8. The van der Waals surface area contributed by atoms with Gasteiger partial charge in [0, 0.05) is 30.2 Å². The zero-order valence-electron chi connectivity index (χ0n) is 12.6. The summed E-state index contributed by atoms with van der Waals surface area (Å²) >= 11 is 11.9. The molecule has 1 atom stereocenters. The quantitative estimate of drug-likeness (QED) is 0.744. The lowest BCUT2D eigenvalue weighted by Crippen LogP contribution is -2.41. The molecule has 1 unspecified atom stereocenters. The van der Waals surface area contributed by atoms with Crippen molar-refractivity contribution in [2.45, 2.75) is 19.8 Å². The number of carboxylic acids is 1. The number of nitrogens with zero attached hydrogens (tertiary/aromatic N) is 1. The zero-order chi connectivity index (χ0) is 16.7. The van der Waals surface area contributed by atoms with Crippen LogP contribution >= 0.6 is 23.2 Å². The summed E-state index contributed by atoms with van der Waals surface area (Å²) < 4.78 is 0. The van der Waals surface area contributed by atoms with Gasteiger partial charge in [0.05, 0.1) is 5.92 Å². The number of amides is 2. The Hall–Kier alpha value is -1.46. The van der Waals surface area contributed by atoms with E-state index >= 15 is 0 Å². The first-order valence-corrected chi connectivity index (χ1v) is 7.72. The molecule has 0 radical (unpaired) electrons. The first-order chi connectivity index (χ1) is 10.3. The van der Waals surface area contributed by atoms with Crippen LogP contribution in [0.1, 0.15) is 18.9 Å². The molecule has 0 fully saturated rings. The van der Waals surface area contributed by atoms with Crippen LogP contribution in [0.3, 0.4) is 0 Å². The predicted octanol–water partition coefficient (Wildman–Crippen LogP) is 3.29. The Kier molecular flexibility index (Phi) is 7.48. The number of aliphatic carboxylic acids is 1. The number of aryl methyl sites for hydroxylation is 1. The molecular weight excluding hydrogens is 327 g/mol. The van der Waals surface area contributed by atoms with Crippen molar-refractivity contribution in [2.75, 3.05) is 20.1 Å². The molecule has 2 N–H and O–H groups in total. The molecule has 22 heavy (non-hydrogen) atoms. The Bertz CT molecular complexity index is 538. The summed E-state index contributed by atoms with van der Waals surface area (Å²) in [5, 5.41) is 12.8. The second-order valence-electron chi connectivity index (χ2n) is 5.19. The maximum atomic E-state index is 11.8. The van der Waals surface area contributed by atoms with E-state index in [2.05, 4.69) is 5.32 Å². The Labute approximate surface area is 140 Å². The molecule has 2 amide bonds. The molecule has 0 saturated carbocycles. The first kappa shape index (κ1) is 18.6. The van der Waals surface area contributed by atoms with Crippen LogP contribution in [-0.4, -0.2) is 42.1 Å². The van der Waals surface area contributed by atoms with Crippen LogP contribution in [0.15, 0.2) is 18.2 Å². The SMILES string of the molecule is CC(CN(C)C(=O)NCCCc1ccc(Cl)cc1Cl)C(=O)O. The molecule has 0 heterocycles. The average molecular weight is 347 g/mol. The van der Waals surface area contributed by atoms with E-state index in [0.717, 1.165) is 18.4 Å². The number of hydrogen-bond acceptors (Lipinski definition) is 2. The van der Waals surface area contributed by atoms with E-state index in [0.29, 0.717) is 16.6 Å². The molecule has 0 saturated heterocycles. The molecule has 0 bridgehead atoms. The molecule has 0 aliphatic heterocycles. The van der Waals surface area contributed by atoms with Crippen molar-refractivity contribution in [1.29, 1.82) is 0 Å². The summed E-state index contributed by atoms with van der Waals surface area (Å²) in [7, 11) is 1.57. The molecule has 1 aromatic rings. The van der Waals surface area contributed by atoms with Gasteiger partial charge in [0.1, 0.15) is 0 Å². The number of benzene rings is 1. The second kappa shape index (κ2) is 8.86. The summed E-state index contributed by atoms with van der Waals surface area (Å²) in [6, 6.07) is 5.06. The summed E-state index contributed by atoms with van der Waals surface area (Å²) in [5.74, 6) is -1.51. The Morgan fingerprint density at radius 3 is 2.64 bits per heavy atom. The van der Waals surface area contributed by atoms with E-state index in [1.165, 1.54) is 4.90 Å². The standard InChI is InChI=1S/C15H20Cl2N2O3/c1-10(14(20)21)9-19(2)15(22)18-7-3-4-11-5-6-12(16)8-13(11)17/h5-6,8,10H,3-4,7,9H2,1-2H3,(H,18,22)(H,20,21). The molecule has 1 aromatic carbocycles. The second-order valence-corrected chi connectivity index (χ2v) is 6.03. The van der Waals surface area contributed by atoms with Crippen molar-refractivity contribution < 1.29 is 14.7 Å². The number of carbonyl (C=O) groups excluding carboxylic acids is 1. The Balaban J connectivity index is 2.31. The number of carbonyl (C=O) groups is 2. The molecule has 0 aromatic heterocycles. The molecule has 0 aliphatic rings. The van der Waals surface area contributed by atoms with E-state index in [1.54, 1.807) is 26.1 Å². The first-order valence-electron chi connectivity index (χ1n) is 6.97. The molecule has 0 aliphatic carbocycles. The van der Waals surface area contributed by atoms with E-state index in [4.69, 9.17) is 28.3 Å². The molecule has 7 heteroatoms. The summed E-state index contributed by atoms with van der Waals surface area (Å²) in [6.07, 6.45) is 1.46. The van der Waals surface area contributed by atoms with Crippen LogP contribution < -0.4 is 5.32 Å². The summed E-state index contributed by atoms with van der Waals surface area (Å²) in [4.78, 5) is 23.9. The monoisotopic (exact) mass is 346 g/mol.